The summed E-state index contributed by atoms with van der Waals surface area (Å²) >= 11 is 2.10. The van der Waals surface area contributed by atoms with E-state index in [1.54, 1.807) is 0 Å². The first kappa shape index (κ1) is 11.6. The van der Waals surface area contributed by atoms with Gasteiger partial charge in [0.15, 0.2) is 0 Å². The summed E-state index contributed by atoms with van der Waals surface area (Å²) in [5.41, 5.74) is 4.47. The van der Waals surface area contributed by atoms with Gasteiger partial charge in [-0.15, -0.1) is 11.8 Å². The average molecular weight is 267 g/mol. The van der Waals surface area contributed by atoms with E-state index in [1.165, 1.54) is 42.0 Å². The van der Waals surface area contributed by atoms with Gasteiger partial charge in [-0.25, -0.2) is 0 Å². The van der Waals surface area contributed by atoms with Crippen LogP contribution in [0, 0.1) is 0 Å². The van der Waals surface area contributed by atoms with Crippen molar-refractivity contribution in [2.75, 3.05) is 18.8 Å². The summed E-state index contributed by atoms with van der Waals surface area (Å²) in [6.45, 7) is 2.38. The van der Waals surface area contributed by atoms with Crippen LogP contribution in [-0.2, 0) is 11.3 Å². The van der Waals surface area contributed by atoms with Crippen molar-refractivity contribution in [1.29, 1.82) is 0 Å². The molecule has 2 aromatic rings. The average Bonchev–Trinajstić information content (AvgIpc) is 2.93. The van der Waals surface area contributed by atoms with Gasteiger partial charge in [-0.05, 0) is 23.1 Å². The second-order valence-electron chi connectivity index (χ2n) is 5.25. The van der Waals surface area contributed by atoms with Crippen molar-refractivity contribution in [3.8, 4) is 0 Å². The lowest BCUT2D eigenvalue weighted by Gasteiger charge is -2.43. The van der Waals surface area contributed by atoms with Gasteiger partial charge in [0, 0.05) is 18.8 Å². The number of nitrogens with zero attached hydrogens (tertiary/aromatic N) is 1. The lowest BCUT2D eigenvalue weighted by atomic mass is 9.87. The highest BCUT2D eigenvalue weighted by Crippen LogP contribution is 2.52. The summed E-state index contributed by atoms with van der Waals surface area (Å²) in [6, 6.07) is 20.0. The molecular formula is C17H17NS. The molecule has 1 fully saturated rings. The van der Waals surface area contributed by atoms with E-state index in [0.717, 1.165) is 0 Å². The lowest BCUT2D eigenvalue weighted by molar-refractivity contribution is 0.214. The Kier molecular flexibility index (Phi) is 2.68. The molecule has 2 aliphatic rings. The van der Waals surface area contributed by atoms with Crippen molar-refractivity contribution in [3.63, 3.8) is 0 Å². The van der Waals surface area contributed by atoms with E-state index in [0.29, 0.717) is 0 Å². The standard InChI is InChI=1S/C17H17NS/c1-2-7-15(8-3-1)17-16-9-5-4-6-14(16)10-11-18(17)12-13-19-17/h1-9H,10-13H2. The fourth-order valence-corrected chi connectivity index (χ4v) is 5.11. The third kappa shape index (κ3) is 1.60. The van der Waals surface area contributed by atoms with Crippen LogP contribution in [-0.4, -0.2) is 23.7 Å². The van der Waals surface area contributed by atoms with Gasteiger partial charge in [-0.3, -0.25) is 4.90 Å². The SMILES string of the molecule is c1ccc(C23SCCN2CCc2ccccc23)cc1. The highest BCUT2D eigenvalue weighted by molar-refractivity contribution is 8.00. The van der Waals surface area contributed by atoms with Gasteiger partial charge < -0.3 is 0 Å². The van der Waals surface area contributed by atoms with Crippen LogP contribution in [0.15, 0.2) is 54.6 Å². The number of hydrogen-bond donors (Lipinski definition) is 0. The molecule has 0 amide bonds. The first-order valence-corrected chi connectivity index (χ1v) is 7.93. The minimum atomic E-state index is 0.0656. The van der Waals surface area contributed by atoms with Gasteiger partial charge in [-0.2, -0.15) is 0 Å². The molecule has 0 N–H and O–H groups in total. The van der Waals surface area contributed by atoms with E-state index in [1.807, 2.05) is 0 Å². The molecule has 1 nitrogen and oxygen atoms in total. The molecule has 96 valence electrons. The van der Waals surface area contributed by atoms with E-state index >= 15 is 0 Å². The summed E-state index contributed by atoms with van der Waals surface area (Å²) < 4.78 is 0. The minimum Gasteiger partial charge on any atom is -0.280 e. The first-order valence-electron chi connectivity index (χ1n) is 6.94. The second-order valence-corrected chi connectivity index (χ2v) is 6.54. The van der Waals surface area contributed by atoms with Crippen LogP contribution in [0.4, 0.5) is 0 Å². The molecule has 1 atom stereocenters. The van der Waals surface area contributed by atoms with Crippen LogP contribution in [0.3, 0.4) is 0 Å². The zero-order chi connectivity index (χ0) is 12.7. The van der Waals surface area contributed by atoms with Crippen LogP contribution in [0.5, 0.6) is 0 Å². The van der Waals surface area contributed by atoms with Gasteiger partial charge in [0.25, 0.3) is 0 Å². The fraction of sp³-hybridized carbons (Fsp3) is 0.294. The minimum absolute atomic E-state index is 0.0656. The summed E-state index contributed by atoms with van der Waals surface area (Å²) in [5.74, 6) is 1.23. The Morgan fingerprint density at radius 3 is 2.58 bits per heavy atom. The number of fused-ring (bicyclic) bond motifs is 3. The summed E-state index contributed by atoms with van der Waals surface area (Å²) in [5, 5.41) is 0. The molecule has 2 aromatic carbocycles. The van der Waals surface area contributed by atoms with Crippen LogP contribution in [0.2, 0.25) is 0 Å². The Hall–Kier alpha value is -1.25. The molecule has 0 aliphatic carbocycles. The van der Waals surface area contributed by atoms with E-state index < -0.39 is 0 Å². The zero-order valence-corrected chi connectivity index (χ0v) is 11.7. The third-order valence-electron chi connectivity index (χ3n) is 4.32. The molecule has 1 saturated heterocycles. The van der Waals surface area contributed by atoms with E-state index in [9.17, 15) is 0 Å². The molecular weight excluding hydrogens is 250 g/mol. The maximum Gasteiger partial charge on any atom is 0.119 e. The van der Waals surface area contributed by atoms with Crippen molar-refractivity contribution in [1.82, 2.24) is 4.90 Å². The Bertz CT molecular complexity index is 595. The molecule has 1 unspecified atom stereocenters. The van der Waals surface area contributed by atoms with E-state index in [4.69, 9.17) is 0 Å². The Labute approximate surface area is 118 Å². The zero-order valence-electron chi connectivity index (χ0n) is 10.9. The molecule has 2 heteroatoms. The maximum absolute atomic E-state index is 2.66. The van der Waals surface area contributed by atoms with Crippen molar-refractivity contribution >= 4 is 11.8 Å². The number of hydrogen-bond acceptors (Lipinski definition) is 2. The molecule has 0 saturated carbocycles. The summed E-state index contributed by atoms with van der Waals surface area (Å²) in [6.07, 6.45) is 1.19. The predicted octanol–water partition coefficient (Wildman–Crippen LogP) is 3.49. The summed E-state index contributed by atoms with van der Waals surface area (Å²) in [7, 11) is 0. The van der Waals surface area contributed by atoms with Crippen LogP contribution >= 0.6 is 11.8 Å². The van der Waals surface area contributed by atoms with E-state index in [2.05, 4.69) is 71.3 Å². The summed E-state index contributed by atoms with van der Waals surface area (Å²) in [4.78, 5) is 2.73. The number of benzene rings is 2. The van der Waals surface area contributed by atoms with Crippen molar-refractivity contribution in [2.24, 2.45) is 0 Å². The molecule has 19 heavy (non-hydrogen) atoms. The van der Waals surface area contributed by atoms with Gasteiger partial charge >= 0.3 is 0 Å². The smallest absolute Gasteiger partial charge is 0.119 e. The largest absolute Gasteiger partial charge is 0.280 e. The lowest BCUT2D eigenvalue weighted by Crippen LogP contribution is -2.45. The maximum atomic E-state index is 2.66. The first-order chi connectivity index (χ1) is 9.41. The Morgan fingerprint density at radius 2 is 1.68 bits per heavy atom. The number of rotatable bonds is 1. The van der Waals surface area contributed by atoms with Gasteiger partial charge in [-0.1, -0.05) is 54.6 Å². The van der Waals surface area contributed by atoms with Crippen molar-refractivity contribution < 1.29 is 0 Å². The van der Waals surface area contributed by atoms with Crippen LogP contribution in [0.1, 0.15) is 16.7 Å². The molecule has 2 aliphatic heterocycles. The van der Waals surface area contributed by atoms with E-state index in [-0.39, 0.29) is 4.87 Å². The highest BCUT2D eigenvalue weighted by Gasteiger charge is 2.47. The van der Waals surface area contributed by atoms with Gasteiger partial charge in [0.1, 0.15) is 4.87 Å². The molecule has 4 rings (SSSR count). The Morgan fingerprint density at radius 1 is 0.895 bits per heavy atom. The topological polar surface area (TPSA) is 3.24 Å². The number of thioether (sulfide) groups is 1. The highest BCUT2D eigenvalue weighted by atomic mass is 32.2. The molecule has 0 bridgehead atoms. The molecule has 0 spiro atoms. The predicted molar refractivity (Wildman–Crippen MR) is 81.4 cm³/mol. The quantitative estimate of drug-likeness (QED) is 0.778. The fourth-order valence-electron chi connectivity index (χ4n) is 3.48. The monoisotopic (exact) mass is 267 g/mol. The van der Waals surface area contributed by atoms with Gasteiger partial charge in [0.2, 0.25) is 0 Å². The van der Waals surface area contributed by atoms with Crippen molar-refractivity contribution in [2.45, 2.75) is 11.3 Å². The van der Waals surface area contributed by atoms with Gasteiger partial charge in [0.05, 0.1) is 0 Å². The van der Waals surface area contributed by atoms with Crippen LogP contribution in [0.25, 0.3) is 0 Å². The second kappa shape index (κ2) is 4.39. The van der Waals surface area contributed by atoms with Crippen LogP contribution < -0.4 is 0 Å². The molecule has 0 aromatic heterocycles. The molecule has 0 radical (unpaired) electrons. The van der Waals surface area contributed by atoms with Crippen molar-refractivity contribution in [3.05, 3.63) is 71.3 Å². The Balaban J connectivity index is 1.97. The third-order valence-corrected chi connectivity index (χ3v) is 5.83. The normalized spacial score (nSPS) is 25.9. The molecule has 2 heterocycles.